The summed E-state index contributed by atoms with van der Waals surface area (Å²) in [5, 5.41) is 9.77. The molecule has 10 nitrogen and oxygen atoms in total. The molecule has 10 aromatic rings. The van der Waals surface area contributed by atoms with E-state index in [0.717, 1.165) is 119 Å². The average Bonchev–Trinajstić information content (AvgIpc) is 0.842. The number of nitrogen functional groups attached to an aromatic ring is 2. The van der Waals surface area contributed by atoms with Crippen LogP contribution in [0.2, 0.25) is 78.6 Å². The number of fused-ring (bicyclic) bond motifs is 4. The van der Waals surface area contributed by atoms with E-state index in [1.165, 1.54) is 48.3 Å². The molecule has 12 rings (SSSR count). The van der Waals surface area contributed by atoms with Crippen LogP contribution in [0.1, 0.15) is 11.4 Å². The molecule has 2 aromatic heterocycles. The van der Waals surface area contributed by atoms with Crippen molar-refractivity contribution in [2.75, 3.05) is 72.5 Å². The molecular formula is C72H90Br3N8O2Si4Y-. The Labute approximate surface area is 591 Å². The van der Waals surface area contributed by atoms with Gasteiger partial charge in [0.2, 0.25) is 0 Å². The Morgan fingerprint density at radius 2 is 0.833 bits per heavy atom. The number of benzene rings is 8. The monoisotopic (exact) mass is 1540 g/mol. The molecule has 0 aliphatic carbocycles. The number of aromatic nitrogens is 2. The molecule has 0 spiro atoms. The fourth-order valence-electron chi connectivity index (χ4n) is 12.2. The molecular weight excluding hydrogens is 1450 g/mol. The summed E-state index contributed by atoms with van der Waals surface area (Å²) >= 11 is 10.5. The smallest absolute Gasteiger partial charge is 0.138 e. The van der Waals surface area contributed by atoms with Crippen molar-refractivity contribution in [1.29, 1.82) is 0 Å². The number of anilines is 4. The number of halogens is 3. The first-order chi connectivity index (χ1) is 42.3. The molecule has 90 heavy (non-hydrogen) atoms. The Balaban J connectivity index is 0.000000163. The van der Waals surface area contributed by atoms with Crippen LogP contribution in [0.3, 0.4) is 0 Å². The molecule has 4 N–H and O–H groups in total. The molecule has 0 amide bonds. The molecule has 0 atom stereocenters. The van der Waals surface area contributed by atoms with Crippen molar-refractivity contribution in [3.05, 3.63) is 213 Å². The number of nitrogens with two attached hydrogens (primary N) is 2. The van der Waals surface area contributed by atoms with Gasteiger partial charge in [-0.1, -0.05) is 219 Å². The zero-order chi connectivity index (χ0) is 64.1. The maximum Gasteiger partial charge on any atom is 0.138 e. The van der Waals surface area contributed by atoms with Crippen molar-refractivity contribution < 1.29 is 42.2 Å². The third-order valence-corrected chi connectivity index (χ3v) is 31.7. The average molecular weight is 1540 g/mol. The van der Waals surface area contributed by atoms with Crippen LogP contribution < -0.4 is 19.9 Å². The van der Waals surface area contributed by atoms with Crippen molar-refractivity contribution >= 4 is 147 Å². The Kier molecular flexibility index (Phi) is 26.8. The van der Waals surface area contributed by atoms with E-state index in [1.54, 1.807) is 0 Å². The van der Waals surface area contributed by atoms with E-state index in [0.29, 0.717) is 0 Å². The summed E-state index contributed by atoms with van der Waals surface area (Å²) < 4.78 is 19.5. The number of nitrogens with zero attached hydrogens (tertiary/aromatic N) is 6. The molecule has 8 aromatic carbocycles. The van der Waals surface area contributed by atoms with Crippen molar-refractivity contribution in [2.24, 2.45) is 0 Å². The van der Waals surface area contributed by atoms with E-state index in [2.05, 4.69) is 276 Å². The van der Waals surface area contributed by atoms with Gasteiger partial charge >= 0.3 is 0 Å². The molecule has 4 heterocycles. The van der Waals surface area contributed by atoms with Crippen LogP contribution in [-0.4, -0.2) is 105 Å². The number of morpholine rings is 2. The SMILES string of the molecule is Brc1ccc(CN2CCOCC2)nc1.C[Si](C)(C)N(c1cc[c-]c2ccccc12)[Si](C)(C)C.C[Si](C)(C)N(c1ccc(Br)c2ccccc12)[Si](C)(C)C.Nc1ccc(-c2ccc(CN3CCOCC3)nc2)c2ccccc12.Nc1ccc(Br)c2ccccc12.[Y]. The van der Waals surface area contributed by atoms with E-state index < -0.39 is 32.9 Å². The Bertz CT molecular complexity index is 3850. The molecule has 0 unspecified atom stereocenters. The normalized spacial score (nSPS) is 13.9. The minimum absolute atomic E-state index is 0. The first-order valence-corrected chi connectivity index (χ1v) is 47.0. The van der Waals surface area contributed by atoms with Gasteiger partial charge in [0.1, 0.15) is 32.9 Å². The molecule has 2 saturated heterocycles. The largest absolute Gasteiger partial charge is 0.439 e. The Morgan fingerprint density at radius 3 is 1.30 bits per heavy atom. The second-order valence-electron chi connectivity index (χ2n) is 26.6. The molecule has 2 aliphatic rings. The molecule has 471 valence electrons. The van der Waals surface area contributed by atoms with E-state index in [9.17, 15) is 0 Å². The quantitative estimate of drug-likeness (QED) is 0.0738. The maximum atomic E-state index is 6.10. The molecule has 0 bridgehead atoms. The van der Waals surface area contributed by atoms with Crippen molar-refractivity contribution in [3.63, 3.8) is 0 Å². The summed E-state index contributed by atoms with van der Waals surface area (Å²) in [4.78, 5) is 13.7. The van der Waals surface area contributed by atoms with Gasteiger partial charge in [0.25, 0.3) is 0 Å². The summed E-state index contributed by atoms with van der Waals surface area (Å²) in [6.07, 6.45) is 3.81. The minimum atomic E-state index is -1.42. The summed E-state index contributed by atoms with van der Waals surface area (Å²) in [7, 11) is -5.63. The summed E-state index contributed by atoms with van der Waals surface area (Å²) in [5.74, 6) is 0. The van der Waals surface area contributed by atoms with Gasteiger partial charge in [0.05, 0.1) is 37.8 Å². The van der Waals surface area contributed by atoms with Gasteiger partial charge in [-0.15, -0.1) is 35.7 Å². The first kappa shape index (κ1) is 73.0. The van der Waals surface area contributed by atoms with Gasteiger partial charge in [-0.05, 0) is 86.2 Å². The minimum Gasteiger partial charge on any atom is -0.439 e. The van der Waals surface area contributed by atoms with Crippen LogP contribution in [0.5, 0.6) is 0 Å². The Morgan fingerprint density at radius 1 is 0.433 bits per heavy atom. The Hall–Kier alpha value is -4.45. The second kappa shape index (κ2) is 33.1. The predicted molar refractivity (Wildman–Crippen MR) is 405 cm³/mol. The van der Waals surface area contributed by atoms with Gasteiger partial charge in [0, 0.05) is 137 Å². The van der Waals surface area contributed by atoms with Crippen molar-refractivity contribution in [1.82, 2.24) is 19.8 Å². The van der Waals surface area contributed by atoms with Crippen LogP contribution >= 0.6 is 47.8 Å². The fraction of sp³-hybridized carbons (Fsp3) is 0.306. The number of pyridine rings is 2. The van der Waals surface area contributed by atoms with Gasteiger partial charge in [-0.25, -0.2) is 0 Å². The second-order valence-corrected chi connectivity index (χ2v) is 49.3. The number of rotatable bonds is 11. The predicted octanol–water partition coefficient (Wildman–Crippen LogP) is 19.4. The third kappa shape index (κ3) is 20.0. The van der Waals surface area contributed by atoms with Gasteiger partial charge < -0.3 is 29.4 Å². The van der Waals surface area contributed by atoms with Crippen molar-refractivity contribution in [3.8, 4) is 11.1 Å². The molecule has 2 fully saturated rings. The van der Waals surface area contributed by atoms with Crippen LogP contribution in [0.4, 0.5) is 22.7 Å². The molecule has 1 radical (unpaired) electrons. The standard InChI is InChI=1S/C20H21N3O.C16H24BrNSi2.C16H24NSi2.C10H13BrN2O.C10H8BrN.Y/c21-20-8-7-17(18-3-1-2-4-19(18)20)15-5-6-16(22-13-15)14-23-9-11-24-12-10-23;1-19(2,3)18(20(4,5)6)16-12-11-15(17)13-9-7-8-10-14(13)16;1-18(2,3)17(19(4,5)6)16-13-9-11-14-10-7-8-12-15(14)16;11-9-1-2-10(12-7-9)8-13-3-5-14-6-4-13;11-9-5-6-10(12)8-4-2-1-3-7(8)9;/h1-8,13H,9-12,14,21H2;7-12H,1-6H3;7-10,12-13H,1-6H3;1-2,7H,3-6,8H2;1-6H,12H2;/q;;-1;;;. The zero-order valence-corrected chi connectivity index (χ0v) is 66.4. The van der Waals surface area contributed by atoms with Crippen LogP contribution in [0, 0.1) is 6.07 Å². The number of hydrogen-bond donors (Lipinski definition) is 2. The van der Waals surface area contributed by atoms with Crippen molar-refractivity contribution in [2.45, 2.75) is 91.7 Å². The third-order valence-electron chi connectivity index (χ3n) is 15.5. The molecule has 18 heteroatoms. The van der Waals surface area contributed by atoms with Crippen LogP contribution in [-0.2, 0) is 55.3 Å². The van der Waals surface area contributed by atoms with Gasteiger partial charge in [-0.3, -0.25) is 19.8 Å². The number of ether oxygens (including phenoxy) is 2. The van der Waals surface area contributed by atoms with E-state index in [4.69, 9.17) is 20.9 Å². The first-order valence-electron chi connectivity index (χ1n) is 30.8. The van der Waals surface area contributed by atoms with Gasteiger partial charge in [0.15, 0.2) is 0 Å². The van der Waals surface area contributed by atoms with E-state index in [1.807, 2.05) is 67.0 Å². The van der Waals surface area contributed by atoms with E-state index in [-0.39, 0.29) is 32.7 Å². The molecule has 2 aliphatic heterocycles. The zero-order valence-electron chi connectivity index (χ0n) is 54.8. The summed E-state index contributed by atoms with van der Waals surface area (Å²) in [5.41, 5.74) is 20.9. The van der Waals surface area contributed by atoms with E-state index >= 15 is 0 Å². The fourth-order valence-corrected chi connectivity index (χ4v) is 33.2. The van der Waals surface area contributed by atoms with Crippen LogP contribution in [0.15, 0.2) is 196 Å². The number of hydrogen-bond acceptors (Lipinski definition) is 10. The molecule has 0 saturated carbocycles. The van der Waals surface area contributed by atoms with Gasteiger partial charge in [-0.2, -0.15) is 0 Å². The maximum absolute atomic E-state index is 6.10. The summed E-state index contributed by atoms with van der Waals surface area (Å²) in [6.45, 7) is 38.4. The van der Waals surface area contributed by atoms with Crippen LogP contribution in [0.25, 0.3) is 54.2 Å². The topological polar surface area (TPSA) is 109 Å². The summed E-state index contributed by atoms with van der Waals surface area (Å²) in [6, 6.07) is 62.1.